The van der Waals surface area contributed by atoms with Crippen LogP contribution in [0.3, 0.4) is 0 Å². The molecule has 0 aromatic heterocycles. The second-order valence-electron chi connectivity index (χ2n) is 4.30. The van der Waals surface area contributed by atoms with Crippen molar-refractivity contribution in [2.45, 2.75) is 32.2 Å². The number of carbonyl (C=O) groups excluding carboxylic acids is 2. The van der Waals surface area contributed by atoms with Crippen molar-refractivity contribution in [2.75, 3.05) is 20.1 Å². The normalized spacial score (nSPS) is 24.2. The molecule has 2 amide bonds. The van der Waals surface area contributed by atoms with Crippen LogP contribution >= 0.6 is 0 Å². The Bertz CT molecular complexity index is 268. The molecule has 1 aliphatic carbocycles. The van der Waals surface area contributed by atoms with Crippen LogP contribution in [-0.2, 0) is 9.59 Å². The molecule has 2 unspecified atom stereocenters. The van der Waals surface area contributed by atoms with Crippen LogP contribution in [0.15, 0.2) is 0 Å². The van der Waals surface area contributed by atoms with Gasteiger partial charge in [-0.05, 0) is 26.2 Å². The number of nitrogens with two attached hydrogens (primary N) is 1. The fourth-order valence-corrected chi connectivity index (χ4v) is 2.10. The summed E-state index contributed by atoms with van der Waals surface area (Å²) < 4.78 is 0. The second-order valence-corrected chi connectivity index (χ2v) is 4.30. The zero-order chi connectivity index (χ0) is 12.1. The highest BCUT2D eigenvalue weighted by Crippen LogP contribution is 2.25. The van der Waals surface area contributed by atoms with Gasteiger partial charge in [0, 0.05) is 25.6 Å². The molecule has 5 nitrogen and oxygen atoms in total. The van der Waals surface area contributed by atoms with Gasteiger partial charge in [-0.25, -0.2) is 0 Å². The third kappa shape index (κ3) is 3.20. The van der Waals surface area contributed by atoms with Crippen LogP contribution in [0.25, 0.3) is 0 Å². The molecule has 0 radical (unpaired) electrons. The SMILES string of the molecule is CCN(CC(=O)NC)C(=O)C1CCC(N)C1. The summed E-state index contributed by atoms with van der Waals surface area (Å²) >= 11 is 0. The monoisotopic (exact) mass is 227 g/mol. The lowest BCUT2D eigenvalue weighted by atomic mass is 10.1. The molecule has 1 saturated carbocycles. The van der Waals surface area contributed by atoms with Gasteiger partial charge in [0.05, 0.1) is 6.54 Å². The van der Waals surface area contributed by atoms with Crippen molar-refractivity contribution < 1.29 is 9.59 Å². The lowest BCUT2D eigenvalue weighted by Crippen LogP contribution is -2.42. The molecule has 1 rings (SSSR count). The van der Waals surface area contributed by atoms with Crippen molar-refractivity contribution >= 4 is 11.8 Å². The van der Waals surface area contributed by atoms with Crippen molar-refractivity contribution in [1.29, 1.82) is 0 Å². The molecule has 0 spiro atoms. The maximum Gasteiger partial charge on any atom is 0.239 e. The quantitative estimate of drug-likeness (QED) is 0.693. The Balaban J connectivity index is 2.52. The number of rotatable bonds is 4. The fourth-order valence-electron chi connectivity index (χ4n) is 2.10. The van der Waals surface area contributed by atoms with Gasteiger partial charge in [-0.1, -0.05) is 0 Å². The highest BCUT2D eigenvalue weighted by Gasteiger charge is 2.30. The Hall–Kier alpha value is -1.10. The van der Waals surface area contributed by atoms with Gasteiger partial charge in [-0.3, -0.25) is 9.59 Å². The maximum absolute atomic E-state index is 12.1. The number of hydrogen-bond acceptors (Lipinski definition) is 3. The number of likely N-dealkylation sites (N-methyl/N-ethyl adjacent to an activating group) is 2. The topological polar surface area (TPSA) is 75.4 Å². The number of nitrogens with zero attached hydrogens (tertiary/aromatic N) is 1. The second kappa shape index (κ2) is 5.84. The van der Waals surface area contributed by atoms with Gasteiger partial charge < -0.3 is 16.0 Å². The van der Waals surface area contributed by atoms with Crippen LogP contribution in [0.5, 0.6) is 0 Å². The first kappa shape index (κ1) is 13.0. The van der Waals surface area contributed by atoms with E-state index in [-0.39, 0.29) is 30.3 Å². The Morgan fingerprint density at radius 3 is 2.56 bits per heavy atom. The predicted octanol–water partition coefficient (Wildman–Crippen LogP) is -0.292. The van der Waals surface area contributed by atoms with Crippen LogP contribution in [0.4, 0.5) is 0 Å². The first-order valence-corrected chi connectivity index (χ1v) is 5.83. The van der Waals surface area contributed by atoms with Gasteiger partial charge >= 0.3 is 0 Å². The summed E-state index contributed by atoms with van der Waals surface area (Å²) in [5.41, 5.74) is 5.78. The van der Waals surface area contributed by atoms with E-state index < -0.39 is 0 Å². The van der Waals surface area contributed by atoms with Crippen LogP contribution < -0.4 is 11.1 Å². The Morgan fingerprint density at radius 1 is 1.44 bits per heavy atom. The molecule has 92 valence electrons. The van der Waals surface area contributed by atoms with Crippen LogP contribution in [0, 0.1) is 5.92 Å². The molecule has 0 aromatic carbocycles. The highest BCUT2D eigenvalue weighted by molar-refractivity contribution is 5.85. The molecule has 16 heavy (non-hydrogen) atoms. The molecule has 0 aliphatic heterocycles. The summed E-state index contributed by atoms with van der Waals surface area (Å²) in [4.78, 5) is 24.9. The zero-order valence-corrected chi connectivity index (χ0v) is 10.0. The smallest absolute Gasteiger partial charge is 0.239 e. The summed E-state index contributed by atoms with van der Waals surface area (Å²) in [6.07, 6.45) is 2.52. The molecule has 3 N–H and O–H groups in total. The first-order chi connectivity index (χ1) is 7.58. The number of carbonyl (C=O) groups is 2. The minimum Gasteiger partial charge on any atom is -0.358 e. The van der Waals surface area contributed by atoms with Gasteiger partial charge in [-0.2, -0.15) is 0 Å². The summed E-state index contributed by atoms with van der Waals surface area (Å²) in [6.45, 7) is 2.60. The van der Waals surface area contributed by atoms with Gasteiger partial charge in [0.25, 0.3) is 0 Å². The van der Waals surface area contributed by atoms with E-state index in [2.05, 4.69) is 5.32 Å². The Morgan fingerprint density at radius 2 is 2.12 bits per heavy atom. The summed E-state index contributed by atoms with van der Waals surface area (Å²) in [5, 5.41) is 2.53. The summed E-state index contributed by atoms with van der Waals surface area (Å²) in [5.74, 6) is -0.0452. The first-order valence-electron chi connectivity index (χ1n) is 5.83. The summed E-state index contributed by atoms with van der Waals surface area (Å²) in [7, 11) is 1.58. The average Bonchev–Trinajstić information content (AvgIpc) is 2.71. The average molecular weight is 227 g/mol. The molecule has 0 heterocycles. The maximum atomic E-state index is 12.1. The van der Waals surface area contributed by atoms with Crippen LogP contribution in [0.1, 0.15) is 26.2 Å². The van der Waals surface area contributed by atoms with Crippen molar-refractivity contribution in [3.63, 3.8) is 0 Å². The number of amides is 2. The molecular weight excluding hydrogens is 206 g/mol. The van der Waals surface area contributed by atoms with E-state index in [0.29, 0.717) is 6.54 Å². The van der Waals surface area contributed by atoms with E-state index in [9.17, 15) is 9.59 Å². The Kier molecular flexibility index (Phi) is 4.73. The third-order valence-corrected chi connectivity index (χ3v) is 3.13. The molecule has 5 heteroatoms. The van der Waals surface area contributed by atoms with Crippen LogP contribution in [0.2, 0.25) is 0 Å². The van der Waals surface area contributed by atoms with Crippen LogP contribution in [-0.4, -0.2) is 42.9 Å². The van der Waals surface area contributed by atoms with Gasteiger partial charge in [0.15, 0.2) is 0 Å². The molecule has 1 aliphatic rings. The number of hydrogen-bond donors (Lipinski definition) is 2. The molecule has 1 fully saturated rings. The predicted molar refractivity (Wildman–Crippen MR) is 61.6 cm³/mol. The van der Waals surface area contributed by atoms with Crippen molar-refractivity contribution in [2.24, 2.45) is 11.7 Å². The van der Waals surface area contributed by atoms with Gasteiger partial charge in [0.1, 0.15) is 0 Å². The third-order valence-electron chi connectivity index (χ3n) is 3.13. The number of nitrogens with one attached hydrogen (secondary N) is 1. The lowest BCUT2D eigenvalue weighted by Gasteiger charge is -2.23. The molecule has 0 saturated heterocycles. The fraction of sp³-hybridized carbons (Fsp3) is 0.818. The van der Waals surface area contributed by atoms with Gasteiger partial charge in [-0.15, -0.1) is 0 Å². The largest absolute Gasteiger partial charge is 0.358 e. The standard InChI is InChI=1S/C11H21N3O2/c1-3-14(7-10(15)13-2)11(16)8-4-5-9(12)6-8/h8-9H,3-7,12H2,1-2H3,(H,13,15). The minimum absolute atomic E-state index is 0.0135. The van der Waals surface area contributed by atoms with Crippen molar-refractivity contribution in [1.82, 2.24) is 10.2 Å². The molecule has 0 bridgehead atoms. The van der Waals surface area contributed by atoms with E-state index in [1.54, 1.807) is 11.9 Å². The van der Waals surface area contributed by atoms with E-state index in [4.69, 9.17) is 5.73 Å². The van der Waals surface area contributed by atoms with Crippen molar-refractivity contribution in [3.05, 3.63) is 0 Å². The molecular formula is C11H21N3O2. The van der Waals surface area contributed by atoms with E-state index in [1.165, 1.54) is 0 Å². The zero-order valence-electron chi connectivity index (χ0n) is 10.0. The van der Waals surface area contributed by atoms with Crippen molar-refractivity contribution in [3.8, 4) is 0 Å². The molecule has 2 atom stereocenters. The van der Waals surface area contributed by atoms with E-state index >= 15 is 0 Å². The Labute approximate surface area is 96.4 Å². The highest BCUT2D eigenvalue weighted by atomic mass is 16.2. The minimum atomic E-state index is -0.127. The summed E-state index contributed by atoms with van der Waals surface area (Å²) in [6, 6.07) is 0.146. The lowest BCUT2D eigenvalue weighted by molar-refractivity contribution is -0.139. The van der Waals surface area contributed by atoms with E-state index in [0.717, 1.165) is 19.3 Å². The molecule has 0 aromatic rings. The van der Waals surface area contributed by atoms with E-state index in [1.807, 2.05) is 6.92 Å². The van der Waals surface area contributed by atoms with Gasteiger partial charge in [0.2, 0.25) is 11.8 Å².